The smallest absolute Gasteiger partial charge is 0.323 e. The zero-order chi connectivity index (χ0) is 34.4. The van der Waals surface area contributed by atoms with Crippen molar-refractivity contribution in [1.29, 1.82) is 0 Å². The zero-order valence-corrected chi connectivity index (χ0v) is 28.7. The number of benzene rings is 2. The molecule has 2 aliphatic heterocycles. The molecule has 1 saturated heterocycles. The van der Waals surface area contributed by atoms with Crippen molar-refractivity contribution in [2.24, 2.45) is 0 Å². The minimum atomic E-state index is -1.40. The van der Waals surface area contributed by atoms with Gasteiger partial charge in [-0.15, -0.1) is 22.7 Å². The number of hydrogen-bond donors (Lipinski definition) is 3. The lowest BCUT2D eigenvalue weighted by molar-refractivity contribution is -0.140. The number of fused-ring (bicyclic) bond motifs is 3. The molecular formula is C30H22N4O9S5. The first kappa shape index (κ1) is 33.4. The van der Waals surface area contributed by atoms with Crippen molar-refractivity contribution in [3.63, 3.8) is 0 Å². The number of allylic oxidation sites excluding steroid dienone is 1. The molecule has 246 valence electrons. The second kappa shape index (κ2) is 13.2. The Balaban J connectivity index is 1.58. The van der Waals surface area contributed by atoms with Gasteiger partial charge in [-0.1, -0.05) is 66.1 Å². The Kier molecular flexibility index (Phi) is 9.18. The molecule has 0 unspecified atom stereocenters. The third kappa shape index (κ3) is 6.00. The lowest BCUT2D eigenvalue weighted by Gasteiger charge is -2.19. The van der Waals surface area contributed by atoms with Crippen LogP contribution >= 0.6 is 58.4 Å². The number of thiocarbonyl (C=S) groups is 1. The Bertz CT molecular complexity index is 2480. The van der Waals surface area contributed by atoms with E-state index >= 15 is 0 Å². The van der Waals surface area contributed by atoms with Gasteiger partial charge in [-0.2, -0.15) is 0 Å². The first-order valence-electron chi connectivity index (χ1n) is 14.0. The van der Waals surface area contributed by atoms with Crippen LogP contribution in [-0.4, -0.2) is 70.6 Å². The molecule has 6 rings (SSSR count). The summed E-state index contributed by atoms with van der Waals surface area (Å²) >= 11 is 8.96. The van der Waals surface area contributed by atoms with Gasteiger partial charge in [-0.05, 0) is 30.5 Å². The van der Waals surface area contributed by atoms with Crippen LogP contribution in [0.2, 0.25) is 0 Å². The number of aliphatic carboxylic acids is 3. The van der Waals surface area contributed by atoms with Crippen LogP contribution in [-0.2, 0) is 32.3 Å². The maximum absolute atomic E-state index is 13.7. The Hall–Kier alpha value is -4.49. The molecule has 1 fully saturated rings. The molecule has 4 aromatic rings. The number of hydrogen-bond acceptors (Lipinski definition) is 12. The summed E-state index contributed by atoms with van der Waals surface area (Å²) in [6.07, 6.45) is 3.32. The fourth-order valence-electron chi connectivity index (χ4n) is 5.23. The second-order valence-corrected chi connectivity index (χ2v) is 14.9. The molecule has 0 radical (unpaired) electrons. The third-order valence-corrected chi connectivity index (χ3v) is 12.4. The molecule has 0 bridgehead atoms. The molecule has 3 N–H and O–H groups in total. The summed E-state index contributed by atoms with van der Waals surface area (Å²) in [7, 11) is 0. The fraction of sp³-hybridized carbons (Fsp3) is 0.167. The van der Waals surface area contributed by atoms with E-state index in [9.17, 15) is 44.1 Å². The fourth-order valence-corrected chi connectivity index (χ4v) is 10.1. The van der Waals surface area contributed by atoms with Crippen molar-refractivity contribution in [1.82, 2.24) is 14.0 Å². The van der Waals surface area contributed by atoms with Gasteiger partial charge in [0.25, 0.3) is 17.0 Å². The van der Waals surface area contributed by atoms with Crippen LogP contribution in [0.5, 0.6) is 0 Å². The van der Waals surface area contributed by atoms with Gasteiger partial charge in [0.15, 0.2) is 0 Å². The van der Waals surface area contributed by atoms with E-state index in [0.717, 1.165) is 63.5 Å². The number of carboxylic acid groups (broad SMARTS) is 3. The number of nitrogens with zero attached hydrogens (tertiary/aromatic N) is 4. The van der Waals surface area contributed by atoms with Gasteiger partial charge in [-0.3, -0.25) is 42.8 Å². The van der Waals surface area contributed by atoms with Crippen molar-refractivity contribution in [2.75, 3.05) is 18.0 Å². The maximum Gasteiger partial charge on any atom is 0.323 e. The number of thiazole rings is 2. The molecule has 4 heterocycles. The average Bonchev–Trinajstić information content (AvgIpc) is 3.73. The van der Waals surface area contributed by atoms with Crippen LogP contribution in [0, 0.1) is 9.20 Å². The monoisotopic (exact) mass is 742 g/mol. The molecule has 18 heteroatoms. The highest BCUT2D eigenvalue weighted by atomic mass is 32.2. The second-order valence-electron chi connectivity index (χ2n) is 10.2. The van der Waals surface area contributed by atoms with Gasteiger partial charge in [0, 0.05) is 16.8 Å². The van der Waals surface area contributed by atoms with E-state index in [1.807, 2.05) is 43.3 Å². The van der Waals surface area contributed by atoms with Crippen LogP contribution in [0.15, 0.2) is 62.0 Å². The summed E-state index contributed by atoms with van der Waals surface area (Å²) in [6, 6.07) is 12.1. The number of aromatic nitrogens is 2. The number of thioether (sulfide) groups is 2. The molecule has 2 aromatic heterocycles. The van der Waals surface area contributed by atoms with Crippen molar-refractivity contribution in [3.05, 3.63) is 86.6 Å². The molecule has 2 aliphatic rings. The summed E-state index contributed by atoms with van der Waals surface area (Å²) < 4.78 is 1.49. The number of carbonyl (C=O) groups is 4. The predicted molar refractivity (Wildman–Crippen MR) is 188 cm³/mol. The summed E-state index contributed by atoms with van der Waals surface area (Å²) in [5, 5.41) is 31.4. The lowest BCUT2D eigenvalue weighted by Crippen LogP contribution is -2.35. The SMILES string of the molecule is CCN1C(=CC=c2s/c(=c3/sc(=C4SC(=S)N(CC(=O)O)C4=O)n(CC(=O)O)c3=O)n(CC(=O)O)c2=O)Sc2ccc3ccccc3c21. The van der Waals surface area contributed by atoms with Gasteiger partial charge in [-0.25, -0.2) is 0 Å². The summed E-state index contributed by atoms with van der Waals surface area (Å²) in [6.45, 7) is 0.268. The molecule has 2 aromatic carbocycles. The quantitative estimate of drug-likeness (QED) is 0.224. The van der Waals surface area contributed by atoms with Gasteiger partial charge in [0.2, 0.25) is 0 Å². The van der Waals surface area contributed by atoms with Crippen LogP contribution < -0.4 is 25.2 Å². The lowest BCUT2D eigenvalue weighted by atomic mass is 10.1. The Morgan fingerprint density at radius 1 is 0.792 bits per heavy atom. The maximum atomic E-state index is 13.7. The molecule has 0 atom stereocenters. The van der Waals surface area contributed by atoms with Gasteiger partial charge in [0.1, 0.15) is 42.7 Å². The third-order valence-electron chi connectivity index (χ3n) is 7.22. The summed E-state index contributed by atoms with van der Waals surface area (Å²) in [4.78, 5) is 79.2. The van der Waals surface area contributed by atoms with E-state index in [2.05, 4.69) is 4.90 Å². The number of carboxylic acids is 3. The van der Waals surface area contributed by atoms with Crippen LogP contribution in [0.4, 0.5) is 5.69 Å². The largest absolute Gasteiger partial charge is 0.480 e. The van der Waals surface area contributed by atoms with Crippen LogP contribution in [0.3, 0.4) is 0 Å². The number of anilines is 1. The first-order chi connectivity index (χ1) is 22.9. The Morgan fingerprint density at radius 3 is 2.12 bits per heavy atom. The molecule has 0 aliphatic carbocycles. The normalized spacial score (nSPS) is 17.6. The standard InChI is InChI=1S/C30H22N4O9S5/c1-2-31-18(45-16-8-7-14-5-3-4-6-15(14)22(16)31)10-9-17-25(41)32(11-19(35)36)28(46-17)23-26(42)33(12-20(37)38)29(47-23)24-27(43)34(13-21(39)40)30(44)48-24/h3-10H,2,11-13H2,1H3,(H,35,36)(H,37,38)(H,39,40)/b17-9?,18-10?,28-23+,29-24?. The average molecular weight is 743 g/mol. The number of carbonyl (C=O) groups excluding carboxylic acids is 1. The summed E-state index contributed by atoms with van der Waals surface area (Å²) in [5.74, 6) is -4.90. The topological polar surface area (TPSA) is 179 Å². The highest BCUT2D eigenvalue weighted by Crippen LogP contribution is 2.49. The van der Waals surface area contributed by atoms with Crippen molar-refractivity contribution in [2.45, 2.75) is 24.9 Å². The highest BCUT2D eigenvalue weighted by molar-refractivity contribution is 8.30. The zero-order valence-electron chi connectivity index (χ0n) is 24.6. The molecule has 1 amide bonds. The van der Waals surface area contributed by atoms with E-state index in [-0.39, 0.29) is 27.6 Å². The van der Waals surface area contributed by atoms with Crippen LogP contribution in [0.25, 0.3) is 21.8 Å². The Morgan fingerprint density at radius 2 is 1.46 bits per heavy atom. The van der Waals surface area contributed by atoms with E-state index < -0.39 is 54.6 Å². The highest BCUT2D eigenvalue weighted by Gasteiger charge is 2.35. The van der Waals surface area contributed by atoms with Gasteiger partial charge >= 0.3 is 17.9 Å². The van der Waals surface area contributed by atoms with Crippen LogP contribution in [0.1, 0.15) is 6.92 Å². The number of amides is 1. The number of rotatable bonds is 8. The van der Waals surface area contributed by atoms with Gasteiger partial charge < -0.3 is 20.2 Å². The molecule has 13 nitrogen and oxygen atoms in total. The van der Waals surface area contributed by atoms with E-state index in [1.165, 1.54) is 11.8 Å². The van der Waals surface area contributed by atoms with E-state index in [1.54, 1.807) is 12.2 Å². The Labute approximate surface area is 290 Å². The van der Waals surface area contributed by atoms with E-state index in [0.29, 0.717) is 17.9 Å². The molecular weight excluding hydrogens is 721 g/mol. The molecule has 0 saturated carbocycles. The van der Waals surface area contributed by atoms with Crippen molar-refractivity contribution in [3.8, 4) is 0 Å². The summed E-state index contributed by atoms with van der Waals surface area (Å²) in [5.41, 5.74) is -0.494. The molecule has 0 spiro atoms. The predicted octanol–water partition coefficient (Wildman–Crippen LogP) is 2.05. The minimum absolute atomic E-state index is 0.0332. The minimum Gasteiger partial charge on any atom is -0.480 e. The van der Waals surface area contributed by atoms with E-state index in [4.69, 9.17) is 12.2 Å². The molecule has 48 heavy (non-hydrogen) atoms. The van der Waals surface area contributed by atoms with Crippen molar-refractivity contribution >= 4 is 114 Å². The van der Waals surface area contributed by atoms with Crippen molar-refractivity contribution < 1.29 is 34.5 Å². The first-order valence-corrected chi connectivity index (χ1v) is 17.6. The van der Waals surface area contributed by atoms with Gasteiger partial charge in [0.05, 0.1) is 15.2 Å².